The Morgan fingerprint density at radius 3 is 2.50 bits per heavy atom. The number of nitrogens with zero attached hydrogens (tertiary/aromatic N) is 6. The molecule has 4 rings (SSSR count). The van der Waals surface area contributed by atoms with Gasteiger partial charge in [0.15, 0.2) is 0 Å². The third kappa shape index (κ3) is 3.72. The number of urea groups is 1. The van der Waals surface area contributed by atoms with Gasteiger partial charge < -0.3 is 9.64 Å². The molecule has 8 heteroatoms. The number of ether oxygens (including phenoxy) is 1. The predicted molar refractivity (Wildman–Crippen MR) is 121 cm³/mol. The molecule has 0 bridgehead atoms. The van der Waals surface area contributed by atoms with E-state index < -0.39 is 0 Å². The number of hydrogen-bond donors (Lipinski definition) is 0. The summed E-state index contributed by atoms with van der Waals surface area (Å²) in [5.41, 5.74) is 0.972. The monoisotopic (exact) mass is 434 g/mol. The summed E-state index contributed by atoms with van der Waals surface area (Å²) in [6.07, 6.45) is 5.18. The summed E-state index contributed by atoms with van der Waals surface area (Å²) in [6, 6.07) is 14.2. The van der Waals surface area contributed by atoms with Crippen molar-refractivity contribution in [1.82, 2.24) is 19.8 Å². The number of hydrogen-bond acceptors (Lipinski definition) is 6. The molecule has 2 aromatic rings. The molecule has 1 aliphatic heterocycles. The molecule has 2 amide bonds. The van der Waals surface area contributed by atoms with E-state index >= 15 is 0 Å². The zero-order chi connectivity index (χ0) is 22.8. The molecular weight excluding hydrogens is 404 g/mol. The normalized spacial score (nSPS) is 25.5. The van der Waals surface area contributed by atoms with Crippen LogP contribution >= 0.6 is 0 Å². The first-order valence-corrected chi connectivity index (χ1v) is 11.0. The van der Waals surface area contributed by atoms with Crippen LogP contribution in [0.1, 0.15) is 37.1 Å². The molecule has 0 N–H and O–H groups in total. The highest BCUT2D eigenvalue weighted by Crippen LogP contribution is 2.49. The number of carbonyl (C=O) groups excluding carboxylic acids is 1. The van der Waals surface area contributed by atoms with Crippen molar-refractivity contribution >= 4 is 11.8 Å². The minimum Gasteiger partial charge on any atom is -0.383 e. The molecule has 168 valence electrons. The molecule has 0 atom stereocenters. The summed E-state index contributed by atoms with van der Waals surface area (Å²) in [7, 11) is 5.94. The Morgan fingerprint density at radius 1 is 1.16 bits per heavy atom. The van der Waals surface area contributed by atoms with Crippen molar-refractivity contribution in [2.75, 3.05) is 45.8 Å². The van der Waals surface area contributed by atoms with Gasteiger partial charge in [0.25, 0.3) is 0 Å². The fraction of sp³-hybridized carbons (Fsp3) is 0.500. The number of amides is 2. The molecule has 8 nitrogen and oxygen atoms in total. The van der Waals surface area contributed by atoms with Gasteiger partial charge in [-0.05, 0) is 51.4 Å². The first-order valence-electron chi connectivity index (χ1n) is 11.0. The highest BCUT2D eigenvalue weighted by molar-refractivity contribution is 5.94. The molecule has 2 heterocycles. The van der Waals surface area contributed by atoms with Gasteiger partial charge in [0.1, 0.15) is 11.9 Å². The number of nitriles is 1. The second-order valence-corrected chi connectivity index (χ2v) is 8.88. The van der Waals surface area contributed by atoms with E-state index in [2.05, 4.69) is 53.2 Å². The van der Waals surface area contributed by atoms with Crippen molar-refractivity contribution in [1.29, 1.82) is 5.26 Å². The van der Waals surface area contributed by atoms with Gasteiger partial charge in [0, 0.05) is 25.4 Å². The second-order valence-electron chi connectivity index (χ2n) is 8.88. The van der Waals surface area contributed by atoms with Crippen LogP contribution < -0.4 is 4.90 Å². The summed E-state index contributed by atoms with van der Waals surface area (Å²) in [4.78, 5) is 27.7. The van der Waals surface area contributed by atoms with Gasteiger partial charge in [-0.25, -0.2) is 14.8 Å². The molecule has 1 aliphatic carbocycles. The van der Waals surface area contributed by atoms with Crippen molar-refractivity contribution in [2.45, 2.75) is 36.8 Å². The fourth-order valence-corrected chi connectivity index (χ4v) is 5.34. The topological polar surface area (TPSA) is 85.6 Å². The van der Waals surface area contributed by atoms with E-state index in [4.69, 9.17) is 4.74 Å². The third-order valence-corrected chi connectivity index (χ3v) is 7.20. The second kappa shape index (κ2) is 8.85. The van der Waals surface area contributed by atoms with E-state index in [-0.39, 0.29) is 22.9 Å². The minimum atomic E-state index is -0.290. The van der Waals surface area contributed by atoms with E-state index in [0.29, 0.717) is 25.5 Å². The lowest BCUT2D eigenvalue weighted by Gasteiger charge is -2.51. The summed E-state index contributed by atoms with van der Waals surface area (Å²) in [5, 5.41) is 9.19. The van der Waals surface area contributed by atoms with E-state index in [1.54, 1.807) is 18.1 Å². The van der Waals surface area contributed by atoms with Crippen molar-refractivity contribution < 1.29 is 9.53 Å². The maximum Gasteiger partial charge on any atom is 0.326 e. The fourth-order valence-electron chi connectivity index (χ4n) is 5.34. The van der Waals surface area contributed by atoms with Crippen molar-refractivity contribution in [2.24, 2.45) is 0 Å². The molecule has 1 saturated carbocycles. The molecule has 0 unspecified atom stereocenters. The molecule has 2 fully saturated rings. The zero-order valence-corrected chi connectivity index (χ0v) is 19.0. The Balaban J connectivity index is 1.65. The van der Waals surface area contributed by atoms with Crippen LogP contribution in [-0.4, -0.2) is 72.2 Å². The lowest BCUT2D eigenvalue weighted by atomic mass is 9.68. The molecule has 0 radical (unpaired) electrons. The Morgan fingerprint density at radius 2 is 1.88 bits per heavy atom. The zero-order valence-electron chi connectivity index (χ0n) is 19.0. The summed E-state index contributed by atoms with van der Waals surface area (Å²) in [5.74, 6) is 0.549. The quantitative estimate of drug-likeness (QED) is 0.695. The smallest absolute Gasteiger partial charge is 0.326 e. The molecular formula is C24H30N6O2. The Hall–Kier alpha value is -3.02. The maximum absolute atomic E-state index is 13.5. The van der Waals surface area contributed by atoms with Gasteiger partial charge in [-0.3, -0.25) is 9.80 Å². The standard InChI is InChI=1S/C24H30N6O2/c1-28(2)24(19-7-5-4-6-8-19)12-10-23(11-13-24)18-29(22(31)30(23)15-16-32-3)21-9-14-26-20(17-25)27-21/h4-9,14H,10-13,15-16,18H2,1-3H3/t23-,24-. The van der Waals surface area contributed by atoms with Crippen molar-refractivity contribution in [3.63, 3.8) is 0 Å². The third-order valence-electron chi connectivity index (χ3n) is 7.20. The highest BCUT2D eigenvalue weighted by Gasteiger charge is 2.54. The Labute approximate surface area is 189 Å². The average Bonchev–Trinajstić information content (AvgIpc) is 3.09. The van der Waals surface area contributed by atoms with E-state index in [1.165, 1.54) is 11.8 Å². The van der Waals surface area contributed by atoms with Gasteiger partial charge in [0.05, 0.1) is 18.7 Å². The number of anilines is 1. The van der Waals surface area contributed by atoms with Crippen LogP contribution in [0.4, 0.5) is 10.6 Å². The van der Waals surface area contributed by atoms with Crippen molar-refractivity contribution in [3.8, 4) is 6.07 Å². The lowest BCUT2D eigenvalue weighted by Crippen LogP contribution is -2.56. The number of aromatic nitrogens is 2. The van der Waals surface area contributed by atoms with E-state index in [1.807, 2.05) is 17.0 Å². The molecule has 32 heavy (non-hydrogen) atoms. The summed E-state index contributed by atoms with van der Waals surface area (Å²) in [6.45, 7) is 1.56. The molecule has 1 saturated heterocycles. The lowest BCUT2D eigenvalue weighted by molar-refractivity contribution is 0.0189. The largest absolute Gasteiger partial charge is 0.383 e. The summed E-state index contributed by atoms with van der Waals surface area (Å²) >= 11 is 0. The molecule has 1 aromatic carbocycles. The van der Waals surface area contributed by atoms with Crippen molar-refractivity contribution in [3.05, 3.63) is 54.0 Å². The minimum absolute atomic E-state index is 0.0567. The van der Waals surface area contributed by atoms with Gasteiger partial charge >= 0.3 is 6.03 Å². The first-order chi connectivity index (χ1) is 15.5. The van der Waals surface area contributed by atoms with Gasteiger partial charge in [-0.15, -0.1) is 0 Å². The van der Waals surface area contributed by atoms with Crippen LogP contribution in [-0.2, 0) is 10.3 Å². The van der Waals surface area contributed by atoms with Crippen LogP contribution in [0, 0.1) is 11.3 Å². The SMILES string of the molecule is COCCN1C(=O)N(c2ccnc(C#N)n2)C[C@]12CC[C@@](c1ccccc1)(N(C)C)CC2. The molecule has 2 aliphatic rings. The maximum atomic E-state index is 13.5. The Bertz CT molecular complexity index is 995. The van der Waals surface area contributed by atoms with Crippen LogP contribution in [0.15, 0.2) is 42.6 Å². The van der Waals surface area contributed by atoms with Gasteiger partial charge in [-0.1, -0.05) is 30.3 Å². The van der Waals surface area contributed by atoms with Crippen LogP contribution in [0.2, 0.25) is 0 Å². The number of benzene rings is 1. The van der Waals surface area contributed by atoms with Crippen LogP contribution in [0.5, 0.6) is 0 Å². The van der Waals surface area contributed by atoms with E-state index in [9.17, 15) is 10.1 Å². The van der Waals surface area contributed by atoms with E-state index in [0.717, 1.165) is 25.7 Å². The van der Waals surface area contributed by atoms with Crippen LogP contribution in [0.3, 0.4) is 0 Å². The molecule has 1 aromatic heterocycles. The van der Waals surface area contributed by atoms with Crippen LogP contribution in [0.25, 0.3) is 0 Å². The number of rotatable bonds is 6. The summed E-state index contributed by atoms with van der Waals surface area (Å²) < 4.78 is 5.32. The first kappa shape index (κ1) is 22.2. The highest BCUT2D eigenvalue weighted by atomic mass is 16.5. The number of carbonyl (C=O) groups is 1. The Kier molecular flexibility index (Phi) is 6.13. The van der Waals surface area contributed by atoms with Gasteiger partial charge in [-0.2, -0.15) is 5.26 Å². The average molecular weight is 435 g/mol. The predicted octanol–water partition coefficient (Wildman–Crippen LogP) is 3.01. The van der Waals surface area contributed by atoms with Gasteiger partial charge in [0.2, 0.25) is 5.82 Å². The number of methoxy groups -OCH3 is 1. The molecule has 1 spiro atoms.